The summed E-state index contributed by atoms with van der Waals surface area (Å²) in [4.78, 5) is 11.4. The van der Waals surface area contributed by atoms with E-state index in [2.05, 4.69) is 0 Å². The largest absolute Gasteiger partial charge is 0.481 e. The second kappa shape index (κ2) is 6.52. The van der Waals surface area contributed by atoms with Gasteiger partial charge in [0.15, 0.2) is 11.6 Å². The molecule has 0 aliphatic rings. The predicted octanol–water partition coefficient (Wildman–Crippen LogP) is 4.27. The van der Waals surface area contributed by atoms with Gasteiger partial charge >= 0.3 is 5.97 Å². The Morgan fingerprint density at radius 2 is 1.80 bits per heavy atom. The Morgan fingerprint density at radius 1 is 1.10 bits per heavy atom. The molecule has 0 saturated heterocycles. The second-order valence-electron chi connectivity index (χ2n) is 4.19. The summed E-state index contributed by atoms with van der Waals surface area (Å²) in [5.41, 5.74) is 0.838. The SMILES string of the molecule is O=C(O)CC(Sc1ccc(F)c(F)c1)c1ccccc1. The van der Waals surface area contributed by atoms with Gasteiger partial charge in [0.2, 0.25) is 0 Å². The molecule has 20 heavy (non-hydrogen) atoms. The summed E-state index contributed by atoms with van der Waals surface area (Å²) in [5.74, 6) is -2.78. The van der Waals surface area contributed by atoms with E-state index in [4.69, 9.17) is 5.11 Å². The number of thioether (sulfide) groups is 1. The van der Waals surface area contributed by atoms with Gasteiger partial charge in [-0.2, -0.15) is 0 Å². The Labute approximate surface area is 119 Å². The fourth-order valence-electron chi connectivity index (χ4n) is 1.77. The van der Waals surface area contributed by atoms with E-state index in [0.717, 1.165) is 17.7 Å². The molecule has 1 atom stereocenters. The fraction of sp³-hybridized carbons (Fsp3) is 0.133. The van der Waals surface area contributed by atoms with E-state index in [-0.39, 0.29) is 11.7 Å². The number of aliphatic carboxylic acids is 1. The van der Waals surface area contributed by atoms with Gasteiger partial charge in [-0.1, -0.05) is 30.3 Å². The minimum atomic E-state index is -0.936. The molecule has 104 valence electrons. The molecular weight excluding hydrogens is 282 g/mol. The molecule has 0 heterocycles. The van der Waals surface area contributed by atoms with Crippen LogP contribution in [0.15, 0.2) is 53.4 Å². The Balaban J connectivity index is 2.23. The first-order valence-corrected chi connectivity index (χ1v) is 6.82. The zero-order valence-corrected chi connectivity index (χ0v) is 11.2. The van der Waals surface area contributed by atoms with Crippen LogP contribution in [-0.4, -0.2) is 11.1 Å². The average Bonchev–Trinajstić information content (AvgIpc) is 2.43. The molecule has 2 aromatic rings. The Bertz CT molecular complexity index is 602. The molecule has 0 aliphatic heterocycles. The van der Waals surface area contributed by atoms with E-state index in [1.807, 2.05) is 30.3 Å². The number of hydrogen-bond acceptors (Lipinski definition) is 2. The van der Waals surface area contributed by atoms with Crippen molar-refractivity contribution in [2.75, 3.05) is 0 Å². The lowest BCUT2D eigenvalue weighted by atomic mass is 10.1. The van der Waals surface area contributed by atoms with Crippen LogP contribution in [-0.2, 0) is 4.79 Å². The molecule has 0 aliphatic carbocycles. The van der Waals surface area contributed by atoms with E-state index in [1.54, 1.807) is 0 Å². The standard InChI is InChI=1S/C15H12F2O2S/c16-12-7-6-11(8-13(12)17)20-14(9-15(18)19)10-4-2-1-3-5-10/h1-8,14H,9H2,(H,18,19). The molecule has 1 unspecified atom stereocenters. The van der Waals surface area contributed by atoms with Crippen molar-refractivity contribution < 1.29 is 18.7 Å². The third-order valence-corrected chi connectivity index (χ3v) is 3.95. The average molecular weight is 294 g/mol. The van der Waals surface area contributed by atoms with Gasteiger partial charge in [-0.15, -0.1) is 11.8 Å². The fourth-order valence-corrected chi connectivity index (χ4v) is 2.93. The third-order valence-electron chi connectivity index (χ3n) is 2.70. The number of hydrogen-bond donors (Lipinski definition) is 1. The van der Waals surface area contributed by atoms with Gasteiger partial charge < -0.3 is 5.11 Å². The van der Waals surface area contributed by atoms with E-state index in [1.165, 1.54) is 17.8 Å². The van der Waals surface area contributed by atoms with Crippen molar-refractivity contribution in [2.24, 2.45) is 0 Å². The van der Waals surface area contributed by atoms with Crippen molar-refractivity contribution in [1.29, 1.82) is 0 Å². The summed E-state index contributed by atoms with van der Waals surface area (Å²) < 4.78 is 26.1. The van der Waals surface area contributed by atoms with Crippen molar-refractivity contribution in [3.8, 4) is 0 Å². The van der Waals surface area contributed by atoms with Crippen LogP contribution in [0, 0.1) is 11.6 Å². The summed E-state index contributed by atoms with van der Waals surface area (Å²) in [6, 6.07) is 12.7. The lowest BCUT2D eigenvalue weighted by Crippen LogP contribution is -2.03. The zero-order valence-electron chi connectivity index (χ0n) is 10.4. The van der Waals surface area contributed by atoms with Gasteiger partial charge in [-0.05, 0) is 23.8 Å². The molecule has 0 radical (unpaired) electrons. The number of benzene rings is 2. The smallest absolute Gasteiger partial charge is 0.304 e. The first-order chi connectivity index (χ1) is 9.56. The van der Waals surface area contributed by atoms with E-state index >= 15 is 0 Å². The second-order valence-corrected chi connectivity index (χ2v) is 5.47. The van der Waals surface area contributed by atoms with Crippen LogP contribution in [0.25, 0.3) is 0 Å². The highest BCUT2D eigenvalue weighted by Crippen LogP contribution is 2.38. The topological polar surface area (TPSA) is 37.3 Å². The van der Waals surface area contributed by atoms with Gasteiger partial charge in [-0.25, -0.2) is 8.78 Å². The van der Waals surface area contributed by atoms with Crippen LogP contribution in [0.1, 0.15) is 17.2 Å². The zero-order chi connectivity index (χ0) is 14.5. The van der Waals surface area contributed by atoms with Crippen molar-refractivity contribution >= 4 is 17.7 Å². The van der Waals surface area contributed by atoms with Gasteiger partial charge in [0, 0.05) is 10.1 Å². The molecule has 5 heteroatoms. The first kappa shape index (κ1) is 14.5. The quantitative estimate of drug-likeness (QED) is 0.837. The van der Waals surface area contributed by atoms with Crippen molar-refractivity contribution in [3.63, 3.8) is 0 Å². The lowest BCUT2D eigenvalue weighted by Gasteiger charge is -2.15. The first-order valence-electron chi connectivity index (χ1n) is 5.94. The lowest BCUT2D eigenvalue weighted by molar-refractivity contribution is -0.137. The van der Waals surface area contributed by atoms with Crippen molar-refractivity contribution in [2.45, 2.75) is 16.6 Å². The Hall–Kier alpha value is -1.88. The number of carbonyl (C=O) groups is 1. The molecule has 2 nitrogen and oxygen atoms in total. The molecule has 0 aromatic heterocycles. The summed E-state index contributed by atoms with van der Waals surface area (Å²) in [6.07, 6.45) is -0.0896. The van der Waals surface area contributed by atoms with Crippen LogP contribution in [0.4, 0.5) is 8.78 Å². The maximum atomic E-state index is 13.2. The summed E-state index contributed by atoms with van der Waals surface area (Å²) in [5, 5.41) is 8.63. The van der Waals surface area contributed by atoms with Crippen LogP contribution in [0.3, 0.4) is 0 Å². The minimum absolute atomic E-state index is 0.0896. The molecule has 0 amide bonds. The third kappa shape index (κ3) is 3.81. The van der Waals surface area contributed by atoms with Gasteiger partial charge in [0.05, 0.1) is 6.42 Å². The molecule has 0 saturated carbocycles. The Morgan fingerprint density at radius 3 is 2.40 bits per heavy atom. The highest BCUT2D eigenvalue weighted by atomic mass is 32.2. The molecule has 0 spiro atoms. The molecule has 2 aromatic carbocycles. The number of carboxylic acid groups (broad SMARTS) is 1. The van der Waals surface area contributed by atoms with Gasteiger partial charge in [-0.3, -0.25) is 4.79 Å². The minimum Gasteiger partial charge on any atom is -0.481 e. The predicted molar refractivity (Wildman–Crippen MR) is 73.7 cm³/mol. The van der Waals surface area contributed by atoms with E-state index < -0.39 is 17.6 Å². The number of carboxylic acids is 1. The van der Waals surface area contributed by atoms with E-state index in [0.29, 0.717) is 4.90 Å². The highest BCUT2D eigenvalue weighted by molar-refractivity contribution is 7.99. The molecule has 1 N–H and O–H groups in total. The normalized spacial score (nSPS) is 12.1. The maximum absolute atomic E-state index is 13.2. The summed E-state index contributed by atoms with van der Waals surface area (Å²) in [7, 11) is 0. The summed E-state index contributed by atoms with van der Waals surface area (Å²) >= 11 is 1.21. The van der Waals surface area contributed by atoms with Crippen LogP contribution in [0.5, 0.6) is 0 Å². The molecule has 2 rings (SSSR count). The maximum Gasteiger partial charge on any atom is 0.304 e. The molecule has 0 bridgehead atoms. The van der Waals surface area contributed by atoms with Crippen molar-refractivity contribution in [1.82, 2.24) is 0 Å². The Kier molecular flexibility index (Phi) is 4.74. The number of rotatable bonds is 5. The molecule has 0 fully saturated rings. The van der Waals surface area contributed by atoms with Crippen molar-refractivity contribution in [3.05, 3.63) is 65.7 Å². The van der Waals surface area contributed by atoms with Gasteiger partial charge in [0.25, 0.3) is 0 Å². The number of halogens is 2. The van der Waals surface area contributed by atoms with Crippen LogP contribution < -0.4 is 0 Å². The highest BCUT2D eigenvalue weighted by Gasteiger charge is 2.17. The van der Waals surface area contributed by atoms with Crippen LogP contribution >= 0.6 is 11.8 Å². The van der Waals surface area contributed by atoms with Crippen LogP contribution in [0.2, 0.25) is 0 Å². The van der Waals surface area contributed by atoms with E-state index in [9.17, 15) is 13.6 Å². The molecular formula is C15H12F2O2S. The van der Waals surface area contributed by atoms with Gasteiger partial charge in [0.1, 0.15) is 0 Å². The monoisotopic (exact) mass is 294 g/mol. The summed E-state index contributed by atoms with van der Waals surface area (Å²) in [6.45, 7) is 0.